The third-order valence-corrected chi connectivity index (χ3v) is 6.36. The zero-order valence-electron chi connectivity index (χ0n) is 20.1. The normalized spacial score (nSPS) is 17.6. The topological polar surface area (TPSA) is 141 Å². The van der Waals surface area contributed by atoms with E-state index in [1.807, 2.05) is 56.4 Å². The molecule has 0 amide bonds. The van der Waals surface area contributed by atoms with Crippen molar-refractivity contribution >= 4 is 12.0 Å². The van der Waals surface area contributed by atoms with Crippen molar-refractivity contribution in [2.24, 2.45) is 13.0 Å². The number of carbonyl (C=O) groups is 1. The van der Waals surface area contributed by atoms with Crippen LogP contribution >= 0.6 is 0 Å². The molecule has 2 atom stereocenters. The molecule has 5 rings (SSSR count). The molecule has 0 saturated heterocycles. The molecule has 11 nitrogen and oxygen atoms in total. The summed E-state index contributed by atoms with van der Waals surface area (Å²) in [5.41, 5.74) is 3.66. The lowest BCUT2D eigenvalue weighted by atomic mass is 9.87. The third kappa shape index (κ3) is 5.04. The van der Waals surface area contributed by atoms with Gasteiger partial charge in [-0.1, -0.05) is 40.7 Å². The molecule has 0 bridgehead atoms. The van der Waals surface area contributed by atoms with Gasteiger partial charge in [0.25, 0.3) is 0 Å². The van der Waals surface area contributed by atoms with Crippen LogP contribution in [0, 0.1) is 12.8 Å². The first kappa shape index (κ1) is 23.5. The van der Waals surface area contributed by atoms with Crippen molar-refractivity contribution in [3.8, 4) is 28.5 Å². The van der Waals surface area contributed by atoms with Crippen molar-refractivity contribution in [1.29, 1.82) is 0 Å². The summed E-state index contributed by atoms with van der Waals surface area (Å²) in [4.78, 5) is 20.5. The highest BCUT2D eigenvalue weighted by Crippen LogP contribution is 2.30. The number of aliphatic carboxylic acids is 1. The molecule has 1 fully saturated rings. The molecule has 3 aromatic heterocycles. The number of nitrogens with one attached hydrogen (secondary N) is 1. The molecule has 186 valence electrons. The molecule has 0 aliphatic heterocycles. The summed E-state index contributed by atoms with van der Waals surface area (Å²) in [5, 5.41) is 25.0. The Hall–Kier alpha value is -4.28. The zero-order valence-corrected chi connectivity index (χ0v) is 20.1. The van der Waals surface area contributed by atoms with Crippen LogP contribution in [0.2, 0.25) is 0 Å². The fraction of sp³-hybridized carbons (Fsp3) is 0.360. The summed E-state index contributed by atoms with van der Waals surface area (Å²) in [5.74, 6) is 0.0438. The standard InChI is InChI=1S/C25H27N7O4/c1-15-21(35-18-10-6-9-17(13-18)24(33)34)12-11-19(27-15)22-20(32(2)31-29-22)14-26-25-28-23(30-36-25)16-7-4-3-5-8-16/h3-5,7-8,11-12,17-18H,6,9-10,13-14H2,1-2H3,(H,33,34)(H,26,28,30)/t17-,18-/m0/s1. The van der Waals surface area contributed by atoms with Crippen molar-refractivity contribution in [3.05, 3.63) is 53.9 Å². The molecule has 0 radical (unpaired) electrons. The Bertz CT molecular complexity index is 1350. The molecule has 1 aromatic carbocycles. The van der Waals surface area contributed by atoms with Gasteiger partial charge in [0.15, 0.2) is 0 Å². The minimum atomic E-state index is -0.755. The molecule has 0 spiro atoms. The lowest BCUT2D eigenvalue weighted by Crippen LogP contribution is -2.29. The molecule has 4 aromatic rings. The number of carboxylic acids is 1. The van der Waals surface area contributed by atoms with Gasteiger partial charge in [0.05, 0.1) is 35.6 Å². The van der Waals surface area contributed by atoms with E-state index in [-0.39, 0.29) is 12.0 Å². The second-order valence-corrected chi connectivity index (χ2v) is 8.87. The number of aromatic nitrogens is 6. The van der Waals surface area contributed by atoms with E-state index in [0.29, 0.717) is 54.1 Å². The summed E-state index contributed by atoms with van der Waals surface area (Å²) >= 11 is 0. The number of carboxylic acid groups (broad SMARTS) is 1. The molecule has 2 N–H and O–H groups in total. The molecule has 36 heavy (non-hydrogen) atoms. The second-order valence-electron chi connectivity index (χ2n) is 8.87. The fourth-order valence-corrected chi connectivity index (χ4v) is 4.39. The number of hydrogen-bond acceptors (Lipinski definition) is 9. The molecule has 1 aliphatic rings. The van der Waals surface area contributed by atoms with E-state index in [4.69, 9.17) is 14.2 Å². The van der Waals surface area contributed by atoms with Gasteiger partial charge < -0.3 is 19.7 Å². The van der Waals surface area contributed by atoms with Gasteiger partial charge >= 0.3 is 12.0 Å². The van der Waals surface area contributed by atoms with Gasteiger partial charge in [0.2, 0.25) is 5.82 Å². The van der Waals surface area contributed by atoms with Gasteiger partial charge in [-0.3, -0.25) is 4.79 Å². The molecule has 1 aliphatic carbocycles. The van der Waals surface area contributed by atoms with Crippen LogP contribution in [0.15, 0.2) is 47.0 Å². The van der Waals surface area contributed by atoms with Gasteiger partial charge in [-0.15, -0.1) is 5.10 Å². The van der Waals surface area contributed by atoms with Crippen molar-refractivity contribution in [2.45, 2.75) is 45.3 Å². The first-order chi connectivity index (χ1) is 17.5. The zero-order chi connectivity index (χ0) is 25.1. The number of hydrogen-bond donors (Lipinski definition) is 2. The molecule has 1 saturated carbocycles. The van der Waals surface area contributed by atoms with Crippen LogP contribution in [-0.4, -0.2) is 47.3 Å². The van der Waals surface area contributed by atoms with Gasteiger partial charge in [-0.05, 0) is 44.7 Å². The van der Waals surface area contributed by atoms with Crippen molar-refractivity contribution in [3.63, 3.8) is 0 Å². The van der Waals surface area contributed by atoms with Crippen LogP contribution < -0.4 is 10.1 Å². The molecule has 11 heteroatoms. The van der Waals surface area contributed by atoms with E-state index in [1.54, 1.807) is 4.68 Å². The highest BCUT2D eigenvalue weighted by atomic mass is 16.5. The predicted octanol–water partition coefficient (Wildman–Crippen LogP) is 3.87. The first-order valence-electron chi connectivity index (χ1n) is 11.9. The highest BCUT2D eigenvalue weighted by molar-refractivity contribution is 5.70. The van der Waals surface area contributed by atoms with E-state index < -0.39 is 5.97 Å². The Morgan fingerprint density at radius 1 is 1.19 bits per heavy atom. The van der Waals surface area contributed by atoms with Crippen molar-refractivity contribution in [2.75, 3.05) is 5.32 Å². The Balaban J connectivity index is 1.28. The number of rotatable bonds is 8. The van der Waals surface area contributed by atoms with Gasteiger partial charge in [0.1, 0.15) is 11.4 Å². The lowest BCUT2D eigenvalue weighted by molar-refractivity contribution is -0.143. The minimum absolute atomic E-state index is 0.127. The summed E-state index contributed by atoms with van der Waals surface area (Å²) in [6, 6.07) is 13.6. The Morgan fingerprint density at radius 3 is 2.81 bits per heavy atom. The SMILES string of the molecule is Cc1nc(-c2nnn(C)c2CNc2nc(-c3ccccc3)no2)ccc1O[C@H]1CCC[C@H](C(=O)O)C1. The van der Waals surface area contributed by atoms with E-state index in [2.05, 4.69) is 25.8 Å². The maximum absolute atomic E-state index is 11.4. The number of benzene rings is 1. The number of anilines is 1. The van der Waals surface area contributed by atoms with Crippen molar-refractivity contribution < 1.29 is 19.2 Å². The van der Waals surface area contributed by atoms with E-state index >= 15 is 0 Å². The Morgan fingerprint density at radius 2 is 2.03 bits per heavy atom. The monoisotopic (exact) mass is 489 g/mol. The summed E-state index contributed by atoms with van der Waals surface area (Å²) < 4.78 is 13.1. The molecular weight excluding hydrogens is 462 g/mol. The minimum Gasteiger partial charge on any atom is -0.489 e. The number of aryl methyl sites for hydroxylation is 2. The maximum atomic E-state index is 11.4. The van der Waals surface area contributed by atoms with Crippen LogP contribution in [0.3, 0.4) is 0 Å². The molecular formula is C25H27N7O4. The maximum Gasteiger partial charge on any atom is 0.322 e. The van der Waals surface area contributed by atoms with E-state index in [1.165, 1.54) is 0 Å². The van der Waals surface area contributed by atoms with Gasteiger partial charge in [-0.2, -0.15) is 4.98 Å². The van der Waals surface area contributed by atoms with Crippen LogP contribution in [0.4, 0.5) is 6.01 Å². The quantitative estimate of drug-likeness (QED) is 0.374. The van der Waals surface area contributed by atoms with E-state index in [9.17, 15) is 9.90 Å². The number of ether oxygens (including phenoxy) is 1. The Labute approximate surface area is 207 Å². The average Bonchev–Trinajstić information content (AvgIpc) is 3.51. The van der Waals surface area contributed by atoms with Gasteiger partial charge in [-0.25, -0.2) is 9.67 Å². The summed E-state index contributed by atoms with van der Waals surface area (Å²) in [7, 11) is 1.81. The van der Waals surface area contributed by atoms with Crippen molar-refractivity contribution in [1.82, 2.24) is 30.1 Å². The van der Waals surface area contributed by atoms with E-state index in [0.717, 1.165) is 24.1 Å². The highest BCUT2D eigenvalue weighted by Gasteiger charge is 2.28. The molecule has 3 heterocycles. The smallest absolute Gasteiger partial charge is 0.322 e. The van der Waals surface area contributed by atoms with Crippen LogP contribution in [0.1, 0.15) is 37.1 Å². The summed E-state index contributed by atoms with van der Waals surface area (Å²) in [6.45, 7) is 2.22. The first-order valence-corrected chi connectivity index (χ1v) is 11.9. The molecule has 0 unspecified atom stereocenters. The number of pyridine rings is 1. The lowest BCUT2D eigenvalue weighted by Gasteiger charge is -2.27. The second kappa shape index (κ2) is 10.1. The fourth-order valence-electron chi connectivity index (χ4n) is 4.39. The third-order valence-electron chi connectivity index (χ3n) is 6.36. The summed E-state index contributed by atoms with van der Waals surface area (Å²) in [6.07, 6.45) is 2.77. The Kier molecular flexibility index (Phi) is 6.61. The largest absolute Gasteiger partial charge is 0.489 e. The predicted molar refractivity (Wildman–Crippen MR) is 130 cm³/mol. The van der Waals surface area contributed by atoms with Crippen LogP contribution in [0.25, 0.3) is 22.8 Å². The van der Waals surface area contributed by atoms with Gasteiger partial charge in [0, 0.05) is 12.6 Å². The number of nitrogens with zero attached hydrogens (tertiary/aromatic N) is 6. The van der Waals surface area contributed by atoms with Crippen LogP contribution in [-0.2, 0) is 18.4 Å². The van der Waals surface area contributed by atoms with Crippen LogP contribution in [0.5, 0.6) is 5.75 Å². The average molecular weight is 490 g/mol.